The third-order valence-electron chi connectivity index (χ3n) is 2.22. The summed E-state index contributed by atoms with van der Waals surface area (Å²) in [5.41, 5.74) is 0.121. The quantitative estimate of drug-likeness (QED) is 0.509. The number of carboxylic acid groups (broad SMARTS) is 1. The van der Waals surface area contributed by atoms with E-state index in [0.29, 0.717) is 19.1 Å². The highest BCUT2D eigenvalue weighted by atomic mass is 16.4. The summed E-state index contributed by atoms with van der Waals surface area (Å²) in [4.78, 5) is 32.7. The topological polar surface area (TPSA) is 114 Å². The molecule has 0 saturated carbocycles. The number of rotatable bonds is 7. The normalized spacial score (nSPS) is 12.3. The summed E-state index contributed by atoms with van der Waals surface area (Å²) in [6, 6.07) is -0.687. The molecule has 8 nitrogen and oxygen atoms in total. The van der Waals surface area contributed by atoms with Crippen molar-refractivity contribution in [3.8, 4) is 0 Å². The Balaban J connectivity index is 2.46. The van der Waals surface area contributed by atoms with Crippen LogP contribution < -0.4 is 5.32 Å². The van der Waals surface area contributed by atoms with Gasteiger partial charge in [0.05, 0.1) is 12.2 Å². The SMILES string of the molecule is Cn1cc(C(=O)NC(C=O)CCC=CC(=O)O)nn1. The van der Waals surface area contributed by atoms with Crippen molar-refractivity contribution in [3.05, 3.63) is 24.0 Å². The summed E-state index contributed by atoms with van der Waals surface area (Å²) in [5, 5.41) is 18.1. The lowest BCUT2D eigenvalue weighted by Gasteiger charge is -2.09. The van der Waals surface area contributed by atoms with E-state index in [2.05, 4.69) is 15.6 Å². The van der Waals surface area contributed by atoms with Crippen LogP contribution in [0, 0.1) is 0 Å². The van der Waals surface area contributed by atoms with E-state index in [-0.39, 0.29) is 5.69 Å². The van der Waals surface area contributed by atoms with E-state index < -0.39 is 17.9 Å². The Hall–Kier alpha value is -2.51. The molecule has 0 radical (unpaired) electrons. The van der Waals surface area contributed by atoms with Crippen LogP contribution in [0.5, 0.6) is 0 Å². The molecule has 8 heteroatoms. The number of nitrogens with zero attached hydrogens (tertiary/aromatic N) is 3. The molecule has 1 aromatic rings. The number of nitrogens with one attached hydrogen (secondary N) is 1. The first kappa shape index (κ1) is 14.6. The lowest BCUT2D eigenvalue weighted by atomic mass is 10.1. The van der Waals surface area contributed by atoms with Crippen molar-refractivity contribution in [1.29, 1.82) is 0 Å². The third kappa shape index (κ3) is 5.11. The highest BCUT2D eigenvalue weighted by molar-refractivity contribution is 5.93. The van der Waals surface area contributed by atoms with Gasteiger partial charge in [-0.2, -0.15) is 0 Å². The number of hydrogen-bond donors (Lipinski definition) is 2. The molecular weight excluding hydrogens is 252 g/mol. The number of carbonyl (C=O) groups excluding carboxylic acids is 2. The molecule has 0 aliphatic rings. The second-order valence-electron chi connectivity index (χ2n) is 3.81. The molecule has 0 spiro atoms. The van der Waals surface area contributed by atoms with Crippen molar-refractivity contribution in [1.82, 2.24) is 20.3 Å². The molecule has 102 valence electrons. The highest BCUT2D eigenvalue weighted by Crippen LogP contribution is 1.99. The molecule has 1 heterocycles. The van der Waals surface area contributed by atoms with Gasteiger partial charge >= 0.3 is 5.97 Å². The van der Waals surface area contributed by atoms with Gasteiger partial charge < -0.3 is 15.2 Å². The van der Waals surface area contributed by atoms with Gasteiger partial charge in [-0.15, -0.1) is 5.10 Å². The average Bonchev–Trinajstić information content (AvgIpc) is 2.79. The van der Waals surface area contributed by atoms with Crippen LogP contribution in [-0.2, 0) is 16.6 Å². The lowest BCUT2D eigenvalue weighted by molar-refractivity contribution is -0.131. The number of carboxylic acids is 1. The number of aryl methyl sites for hydroxylation is 1. The standard InChI is InChI=1S/C11H14N4O4/c1-15-6-9(13-14-15)11(19)12-8(7-16)4-2-3-5-10(17)18/h3,5-8H,2,4H2,1H3,(H,12,19)(H,17,18). The lowest BCUT2D eigenvalue weighted by Crippen LogP contribution is -2.36. The van der Waals surface area contributed by atoms with Crippen LogP contribution in [0.4, 0.5) is 0 Å². The maximum absolute atomic E-state index is 11.7. The highest BCUT2D eigenvalue weighted by Gasteiger charge is 2.14. The van der Waals surface area contributed by atoms with E-state index in [1.807, 2.05) is 0 Å². The molecule has 19 heavy (non-hydrogen) atoms. The van der Waals surface area contributed by atoms with Crippen molar-refractivity contribution in [3.63, 3.8) is 0 Å². The van der Waals surface area contributed by atoms with Gasteiger partial charge in [-0.3, -0.25) is 9.48 Å². The smallest absolute Gasteiger partial charge is 0.327 e. The second-order valence-corrected chi connectivity index (χ2v) is 3.81. The number of aromatic nitrogens is 3. The van der Waals surface area contributed by atoms with Gasteiger partial charge in [0.2, 0.25) is 0 Å². The van der Waals surface area contributed by atoms with Gasteiger partial charge in [0.25, 0.3) is 5.91 Å². The van der Waals surface area contributed by atoms with E-state index in [1.165, 1.54) is 17.0 Å². The predicted molar refractivity (Wildman–Crippen MR) is 64.3 cm³/mol. The van der Waals surface area contributed by atoms with E-state index in [4.69, 9.17) is 5.11 Å². The van der Waals surface area contributed by atoms with Crippen LogP contribution >= 0.6 is 0 Å². The van der Waals surface area contributed by atoms with Gasteiger partial charge in [0, 0.05) is 13.1 Å². The van der Waals surface area contributed by atoms with E-state index in [0.717, 1.165) is 6.08 Å². The summed E-state index contributed by atoms with van der Waals surface area (Å²) >= 11 is 0. The fourth-order valence-electron chi connectivity index (χ4n) is 1.33. The zero-order chi connectivity index (χ0) is 14.3. The third-order valence-corrected chi connectivity index (χ3v) is 2.22. The van der Waals surface area contributed by atoms with Crippen molar-refractivity contribution in [2.75, 3.05) is 0 Å². The van der Waals surface area contributed by atoms with Crippen LogP contribution in [0.15, 0.2) is 18.3 Å². The monoisotopic (exact) mass is 266 g/mol. The van der Waals surface area contributed by atoms with E-state index >= 15 is 0 Å². The van der Waals surface area contributed by atoms with Crippen molar-refractivity contribution < 1.29 is 19.5 Å². The molecule has 0 aliphatic carbocycles. The summed E-state index contributed by atoms with van der Waals surface area (Å²) in [5.74, 6) is -1.54. The molecule has 1 aromatic heterocycles. The van der Waals surface area contributed by atoms with E-state index in [9.17, 15) is 14.4 Å². The molecule has 0 aliphatic heterocycles. The maximum Gasteiger partial charge on any atom is 0.327 e. The maximum atomic E-state index is 11.7. The molecule has 1 unspecified atom stereocenters. The minimum atomic E-state index is -1.05. The Morgan fingerprint density at radius 1 is 1.58 bits per heavy atom. The fourth-order valence-corrected chi connectivity index (χ4v) is 1.33. The minimum Gasteiger partial charge on any atom is -0.478 e. The zero-order valence-electron chi connectivity index (χ0n) is 10.3. The Labute approximate surface area is 109 Å². The van der Waals surface area contributed by atoms with Gasteiger partial charge in [0.1, 0.15) is 6.29 Å². The number of amides is 1. The average molecular weight is 266 g/mol. The first-order valence-electron chi connectivity index (χ1n) is 5.55. The second kappa shape index (κ2) is 7.04. The van der Waals surface area contributed by atoms with Crippen molar-refractivity contribution in [2.45, 2.75) is 18.9 Å². The molecule has 1 amide bonds. The summed E-state index contributed by atoms with van der Waals surface area (Å²) in [7, 11) is 1.62. The minimum absolute atomic E-state index is 0.121. The first-order chi connectivity index (χ1) is 9.02. The Kier molecular flexibility index (Phi) is 5.39. The van der Waals surface area contributed by atoms with Gasteiger partial charge in [-0.05, 0) is 12.8 Å². The van der Waals surface area contributed by atoms with Crippen molar-refractivity contribution in [2.24, 2.45) is 7.05 Å². The molecule has 0 aromatic carbocycles. The molecule has 0 saturated heterocycles. The molecule has 1 rings (SSSR count). The Bertz CT molecular complexity index is 495. The largest absolute Gasteiger partial charge is 0.478 e. The first-order valence-corrected chi connectivity index (χ1v) is 5.55. The zero-order valence-corrected chi connectivity index (χ0v) is 10.3. The van der Waals surface area contributed by atoms with Crippen LogP contribution in [0.1, 0.15) is 23.3 Å². The van der Waals surface area contributed by atoms with Crippen LogP contribution in [0.25, 0.3) is 0 Å². The summed E-state index contributed by atoms with van der Waals surface area (Å²) < 4.78 is 1.38. The molecule has 0 bridgehead atoms. The number of carbonyl (C=O) groups is 3. The van der Waals surface area contributed by atoms with Gasteiger partial charge in [0.15, 0.2) is 5.69 Å². The Morgan fingerprint density at radius 3 is 2.84 bits per heavy atom. The molecular formula is C11H14N4O4. The molecule has 0 fully saturated rings. The fraction of sp³-hybridized carbons (Fsp3) is 0.364. The van der Waals surface area contributed by atoms with Crippen LogP contribution in [-0.4, -0.2) is 44.3 Å². The van der Waals surface area contributed by atoms with E-state index in [1.54, 1.807) is 7.05 Å². The summed E-state index contributed by atoms with van der Waals surface area (Å²) in [6.07, 6.45) is 5.14. The molecule has 2 N–H and O–H groups in total. The Morgan fingerprint density at radius 2 is 2.32 bits per heavy atom. The number of aldehydes is 1. The number of hydrogen-bond acceptors (Lipinski definition) is 5. The van der Waals surface area contributed by atoms with Crippen LogP contribution in [0.3, 0.4) is 0 Å². The predicted octanol–water partition coefficient (Wildman–Crippen LogP) is -0.467. The van der Waals surface area contributed by atoms with Crippen LogP contribution in [0.2, 0.25) is 0 Å². The summed E-state index contributed by atoms with van der Waals surface area (Å²) in [6.45, 7) is 0. The van der Waals surface area contributed by atoms with Gasteiger partial charge in [-0.1, -0.05) is 11.3 Å². The number of allylic oxidation sites excluding steroid dienone is 1. The van der Waals surface area contributed by atoms with Crippen molar-refractivity contribution >= 4 is 18.2 Å². The van der Waals surface area contributed by atoms with Gasteiger partial charge in [-0.25, -0.2) is 4.79 Å². The molecule has 1 atom stereocenters. The number of aliphatic carboxylic acids is 1.